The number of aromatic carboxylic acids is 1. The number of hydrogen-bond donors (Lipinski definition) is 2. The molecule has 18 heavy (non-hydrogen) atoms. The van der Waals surface area contributed by atoms with Gasteiger partial charge in [-0.2, -0.15) is 10.2 Å². The number of pyridine rings is 1. The van der Waals surface area contributed by atoms with E-state index in [4.69, 9.17) is 5.11 Å². The van der Waals surface area contributed by atoms with Crippen LogP contribution in [-0.2, 0) is 6.42 Å². The van der Waals surface area contributed by atoms with Gasteiger partial charge in [-0.15, -0.1) is 0 Å². The molecule has 0 saturated heterocycles. The lowest BCUT2D eigenvalue weighted by Gasteiger charge is -2.07. The summed E-state index contributed by atoms with van der Waals surface area (Å²) in [5, 5.41) is 16.6. The van der Waals surface area contributed by atoms with Gasteiger partial charge in [0.05, 0.1) is 5.69 Å². The molecule has 6 heteroatoms. The Bertz CT molecular complexity index is 635. The van der Waals surface area contributed by atoms with Gasteiger partial charge in [-0.3, -0.25) is 4.79 Å². The van der Waals surface area contributed by atoms with Crippen molar-refractivity contribution in [2.75, 3.05) is 0 Å². The Morgan fingerprint density at radius 3 is 2.83 bits per heavy atom. The van der Waals surface area contributed by atoms with Crippen molar-refractivity contribution in [1.29, 1.82) is 0 Å². The van der Waals surface area contributed by atoms with Gasteiger partial charge in [0.1, 0.15) is 5.56 Å². The summed E-state index contributed by atoms with van der Waals surface area (Å²) in [5.41, 5.74) is 0.862. The third kappa shape index (κ3) is 2.13. The highest BCUT2D eigenvalue weighted by Gasteiger charge is 2.14. The average molecular weight is 245 g/mol. The zero-order valence-corrected chi connectivity index (χ0v) is 9.67. The summed E-state index contributed by atoms with van der Waals surface area (Å²) in [6.45, 7) is 1.87. The molecule has 6 nitrogen and oxygen atoms in total. The fourth-order valence-corrected chi connectivity index (χ4v) is 1.68. The van der Waals surface area contributed by atoms with Gasteiger partial charge in [0.2, 0.25) is 0 Å². The van der Waals surface area contributed by atoms with Gasteiger partial charge in [0.15, 0.2) is 0 Å². The highest BCUT2D eigenvalue weighted by Crippen LogP contribution is 2.19. The van der Waals surface area contributed by atoms with E-state index >= 15 is 0 Å². The molecule has 2 aromatic heterocycles. The minimum absolute atomic E-state index is 0.298. The first-order valence-corrected chi connectivity index (χ1v) is 5.41. The molecule has 0 radical (unpaired) electrons. The van der Waals surface area contributed by atoms with Crippen LogP contribution in [0.25, 0.3) is 11.3 Å². The molecule has 2 aromatic rings. The number of rotatable bonds is 3. The number of aryl methyl sites for hydroxylation is 1. The van der Waals surface area contributed by atoms with Gasteiger partial charge in [-0.25, -0.2) is 4.79 Å². The second-order valence-corrected chi connectivity index (χ2v) is 3.67. The molecule has 2 heterocycles. The Balaban J connectivity index is 2.69. The maximum absolute atomic E-state index is 11.6. The minimum Gasteiger partial charge on any atom is -0.477 e. The summed E-state index contributed by atoms with van der Waals surface area (Å²) in [4.78, 5) is 25.1. The van der Waals surface area contributed by atoms with E-state index in [-0.39, 0.29) is 5.56 Å². The summed E-state index contributed by atoms with van der Waals surface area (Å²) in [6.07, 6.45) is 2.10. The molecular formula is C12H11N3O3. The van der Waals surface area contributed by atoms with Crippen molar-refractivity contribution in [1.82, 2.24) is 15.2 Å². The van der Waals surface area contributed by atoms with Crippen molar-refractivity contribution in [2.45, 2.75) is 13.3 Å². The van der Waals surface area contributed by atoms with Gasteiger partial charge < -0.3 is 10.1 Å². The Hall–Kier alpha value is -2.50. The predicted octanol–water partition coefficient (Wildman–Crippen LogP) is 1.09. The summed E-state index contributed by atoms with van der Waals surface area (Å²) in [6, 6.07) is 4.75. The molecular weight excluding hydrogens is 234 g/mol. The van der Waals surface area contributed by atoms with Crippen LogP contribution < -0.4 is 5.56 Å². The van der Waals surface area contributed by atoms with E-state index in [0.717, 1.165) is 0 Å². The van der Waals surface area contributed by atoms with Crippen LogP contribution in [0, 0.1) is 0 Å². The quantitative estimate of drug-likeness (QED) is 0.843. The van der Waals surface area contributed by atoms with Crippen LogP contribution in [0.1, 0.15) is 23.0 Å². The number of aromatic nitrogens is 3. The van der Waals surface area contributed by atoms with Crippen LogP contribution in [-0.4, -0.2) is 26.3 Å². The Morgan fingerprint density at radius 2 is 2.28 bits per heavy atom. The Labute approximate surface area is 102 Å². The van der Waals surface area contributed by atoms with Crippen molar-refractivity contribution in [3.8, 4) is 11.3 Å². The highest BCUT2D eigenvalue weighted by molar-refractivity contribution is 5.88. The zero-order chi connectivity index (χ0) is 13.1. The first kappa shape index (κ1) is 12.0. The highest BCUT2D eigenvalue weighted by atomic mass is 16.4. The van der Waals surface area contributed by atoms with E-state index in [2.05, 4.69) is 15.2 Å². The third-order valence-corrected chi connectivity index (χ3v) is 2.56. The number of nitrogens with one attached hydrogen (secondary N) is 1. The Morgan fingerprint density at radius 1 is 1.50 bits per heavy atom. The number of H-pyrrole nitrogens is 1. The van der Waals surface area contributed by atoms with Crippen LogP contribution in [0.5, 0.6) is 0 Å². The Kier molecular flexibility index (Phi) is 3.18. The molecule has 2 rings (SSSR count). The third-order valence-electron chi connectivity index (χ3n) is 2.56. The summed E-state index contributed by atoms with van der Waals surface area (Å²) >= 11 is 0. The zero-order valence-electron chi connectivity index (χ0n) is 9.67. The normalized spacial score (nSPS) is 10.3. The number of carboxylic acid groups (broad SMARTS) is 1. The predicted molar refractivity (Wildman–Crippen MR) is 64.4 cm³/mol. The molecule has 2 N–H and O–H groups in total. The van der Waals surface area contributed by atoms with Crippen molar-refractivity contribution in [3.05, 3.63) is 46.0 Å². The molecule has 0 atom stereocenters. The van der Waals surface area contributed by atoms with Gasteiger partial charge in [0.25, 0.3) is 5.56 Å². The van der Waals surface area contributed by atoms with Gasteiger partial charge >= 0.3 is 5.97 Å². The molecule has 0 bridgehead atoms. The maximum Gasteiger partial charge on any atom is 0.341 e. The largest absolute Gasteiger partial charge is 0.477 e. The van der Waals surface area contributed by atoms with Crippen LogP contribution >= 0.6 is 0 Å². The van der Waals surface area contributed by atoms with E-state index in [0.29, 0.717) is 23.4 Å². The van der Waals surface area contributed by atoms with E-state index in [1.165, 1.54) is 12.3 Å². The molecule has 0 aliphatic heterocycles. The molecule has 0 unspecified atom stereocenters. The molecule has 0 amide bonds. The van der Waals surface area contributed by atoms with Crippen LogP contribution in [0.3, 0.4) is 0 Å². The smallest absolute Gasteiger partial charge is 0.341 e. The number of carboxylic acids is 1. The van der Waals surface area contributed by atoms with Crippen LogP contribution in [0.2, 0.25) is 0 Å². The fraction of sp³-hybridized carbons (Fsp3) is 0.167. The van der Waals surface area contributed by atoms with Crippen LogP contribution in [0.4, 0.5) is 0 Å². The monoisotopic (exact) mass is 245 g/mol. The van der Waals surface area contributed by atoms with Gasteiger partial charge in [0, 0.05) is 17.5 Å². The second-order valence-electron chi connectivity index (χ2n) is 3.67. The summed E-state index contributed by atoms with van der Waals surface area (Å²) < 4.78 is 0. The second kappa shape index (κ2) is 4.79. The van der Waals surface area contributed by atoms with E-state index in [9.17, 15) is 9.59 Å². The lowest BCUT2D eigenvalue weighted by Crippen LogP contribution is -2.19. The number of hydrogen-bond acceptors (Lipinski definition) is 4. The van der Waals surface area contributed by atoms with Crippen LogP contribution in [0.15, 0.2) is 29.2 Å². The molecule has 0 aromatic carbocycles. The van der Waals surface area contributed by atoms with E-state index in [1.807, 2.05) is 6.92 Å². The average Bonchev–Trinajstić information content (AvgIpc) is 2.39. The molecule has 0 spiro atoms. The van der Waals surface area contributed by atoms with Crippen molar-refractivity contribution < 1.29 is 9.90 Å². The lowest BCUT2D eigenvalue weighted by molar-refractivity contribution is 0.0695. The molecule has 0 saturated carbocycles. The summed E-state index contributed by atoms with van der Waals surface area (Å²) in [7, 11) is 0. The molecule has 0 aliphatic carbocycles. The van der Waals surface area contributed by atoms with Gasteiger partial charge in [-0.05, 0) is 24.6 Å². The number of nitrogens with zero attached hydrogens (tertiary/aromatic N) is 2. The van der Waals surface area contributed by atoms with E-state index in [1.54, 1.807) is 12.1 Å². The number of carbonyl (C=O) groups is 1. The maximum atomic E-state index is 11.6. The molecule has 0 aliphatic rings. The minimum atomic E-state index is -1.26. The first-order valence-electron chi connectivity index (χ1n) is 5.41. The topological polar surface area (TPSA) is 95.9 Å². The van der Waals surface area contributed by atoms with Crippen molar-refractivity contribution in [3.63, 3.8) is 0 Å². The molecule has 92 valence electrons. The fourth-order valence-electron chi connectivity index (χ4n) is 1.68. The van der Waals surface area contributed by atoms with Crippen molar-refractivity contribution >= 4 is 5.97 Å². The van der Waals surface area contributed by atoms with Crippen molar-refractivity contribution in [2.24, 2.45) is 0 Å². The van der Waals surface area contributed by atoms with E-state index < -0.39 is 11.5 Å². The lowest BCUT2D eigenvalue weighted by atomic mass is 10.1. The number of aromatic amines is 1. The molecule has 0 fully saturated rings. The SMILES string of the molecule is CCc1[nH]c(=O)c(C(=O)O)cc1-c1cccnn1. The summed E-state index contributed by atoms with van der Waals surface area (Å²) in [5.74, 6) is -1.26. The van der Waals surface area contributed by atoms with Gasteiger partial charge in [-0.1, -0.05) is 6.92 Å². The first-order chi connectivity index (χ1) is 8.63. The standard InChI is InChI=1S/C12H11N3O3/c1-2-9-7(10-4-3-5-13-15-10)6-8(12(17)18)11(16)14-9/h3-6H,2H2,1H3,(H,14,16)(H,17,18).